The molecule has 7 heteroatoms. The molecule has 0 bridgehead atoms. The zero-order chi connectivity index (χ0) is 18.7. The second-order valence-corrected chi connectivity index (χ2v) is 7.17. The molecule has 0 radical (unpaired) electrons. The largest absolute Gasteiger partial charge is 0.374 e. The minimum Gasteiger partial charge on any atom is -0.374 e. The summed E-state index contributed by atoms with van der Waals surface area (Å²) in [6, 6.07) is 11.7. The predicted molar refractivity (Wildman–Crippen MR) is 106 cm³/mol. The second-order valence-electron chi connectivity index (χ2n) is 6.32. The summed E-state index contributed by atoms with van der Waals surface area (Å²) in [6.07, 6.45) is 1.91. The van der Waals surface area contributed by atoms with Crippen molar-refractivity contribution < 1.29 is 9.59 Å². The fraction of sp³-hybridized carbons (Fsp3) is 0.263. The molecule has 0 aliphatic heterocycles. The molecule has 1 saturated carbocycles. The molecule has 0 spiro atoms. The Bertz CT molecular complexity index is 837. The fourth-order valence-electron chi connectivity index (χ4n) is 2.42. The van der Waals surface area contributed by atoms with E-state index >= 15 is 0 Å². The summed E-state index contributed by atoms with van der Waals surface area (Å²) < 4.78 is 0. The van der Waals surface area contributed by atoms with E-state index < -0.39 is 6.04 Å². The van der Waals surface area contributed by atoms with Crippen molar-refractivity contribution in [2.45, 2.75) is 25.8 Å². The Morgan fingerprint density at radius 2 is 1.77 bits per heavy atom. The summed E-state index contributed by atoms with van der Waals surface area (Å²) in [7, 11) is 0. The minimum absolute atomic E-state index is 0.0466. The summed E-state index contributed by atoms with van der Waals surface area (Å²) in [5.74, 6) is -0.0487. The van der Waals surface area contributed by atoms with Crippen LogP contribution in [0, 0.1) is 5.92 Å². The molecule has 1 atom stereocenters. The Hall–Kier alpha value is -2.24. The van der Waals surface area contributed by atoms with Gasteiger partial charge in [0.15, 0.2) is 0 Å². The average molecular weight is 392 g/mol. The number of amides is 2. The highest BCUT2D eigenvalue weighted by atomic mass is 35.5. The topological polar surface area (TPSA) is 70.2 Å². The van der Waals surface area contributed by atoms with Crippen LogP contribution >= 0.6 is 23.2 Å². The van der Waals surface area contributed by atoms with E-state index in [1.54, 1.807) is 31.2 Å². The van der Waals surface area contributed by atoms with Gasteiger partial charge in [-0.25, -0.2) is 0 Å². The van der Waals surface area contributed by atoms with E-state index in [2.05, 4.69) is 16.0 Å². The van der Waals surface area contributed by atoms with Gasteiger partial charge in [-0.2, -0.15) is 0 Å². The normalized spacial score (nSPS) is 14.4. The molecule has 1 unspecified atom stereocenters. The molecule has 2 aromatic rings. The van der Waals surface area contributed by atoms with Gasteiger partial charge in [0.2, 0.25) is 11.8 Å². The van der Waals surface area contributed by atoms with Gasteiger partial charge >= 0.3 is 0 Å². The van der Waals surface area contributed by atoms with E-state index in [-0.39, 0.29) is 17.7 Å². The van der Waals surface area contributed by atoms with Crippen LogP contribution in [0.15, 0.2) is 42.5 Å². The highest BCUT2D eigenvalue weighted by Gasteiger charge is 2.29. The van der Waals surface area contributed by atoms with Crippen LogP contribution in [0.1, 0.15) is 19.8 Å². The number of anilines is 3. The van der Waals surface area contributed by atoms with E-state index in [0.29, 0.717) is 21.4 Å². The van der Waals surface area contributed by atoms with Gasteiger partial charge in [-0.05, 0) is 56.2 Å². The maximum Gasteiger partial charge on any atom is 0.246 e. The van der Waals surface area contributed by atoms with Crippen LogP contribution in [0.5, 0.6) is 0 Å². The van der Waals surface area contributed by atoms with Crippen molar-refractivity contribution in [3.05, 3.63) is 52.5 Å². The molecule has 5 nitrogen and oxygen atoms in total. The van der Waals surface area contributed by atoms with Crippen LogP contribution < -0.4 is 16.0 Å². The quantitative estimate of drug-likeness (QED) is 0.663. The monoisotopic (exact) mass is 391 g/mol. The van der Waals surface area contributed by atoms with E-state index in [9.17, 15) is 9.59 Å². The third kappa shape index (κ3) is 4.90. The Morgan fingerprint density at radius 1 is 1.04 bits per heavy atom. The third-order valence-corrected chi connectivity index (χ3v) is 4.59. The Labute approximate surface area is 162 Å². The van der Waals surface area contributed by atoms with Crippen LogP contribution in [0.4, 0.5) is 17.1 Å². The standard InChI is InChI=1S/C19H19Cl2N3O2/c1-11(18(25)24-17-8-7-13(20)9-16(17)21)22-14-3-2-4-15(10-14)23-19(26)12-5-6-12/h2-4,7-12,22H,5-6H2,1H3,(H,23,26)(H,24,25). The lowest BCUT2D eigenvalue weighted by molar-refractivity contribution is -0.117. The molecule has 3 N–H and O–H groups in total. The summed E-state index contributed by atoms with van der Waals surface area (Å²) in [6.45, 7) is 1.74. The summed E-state index contributed by atoms with van der Waals surface area (Å²) in [4.78, 5) is 24.2. The smallest absolute Gasteiger partial charge is 0.246 e. The maximum atomic E-state index is 12.4. The van der Waals surface area contributed by atoms with Crippen LogP contribution in [-0.2, 0) is 9.59 Å². The number of hydrogen-bond acceptors (Lipinski definition) is 3. The first-order chi connectivity index (χ1) is 12.4. The molecule has 0 saturated heterocycles. The lowest BCUT2D eigenvalue weighted by Crippen LogP contribution is -2.32. The lowest BCUT2D eigenvalue weighted by atomic mass is 10.2. The van der Waals surface area contributed by atoms with Gasteiger partial charge in [0, 0.05) is 22.3 Å². The SMILES string of the molecule is CC(Nc1cccc(NC(=O)C2CC2)c1)C(=O)Nc1ccc(Cl)cc1Cl. The molecular weight excluding hydrogens is 373 g/mol. The van der Waals surface area contributed by atoms with Gasteiger partial charge in [0.25, 0.3) is 0 Å². The number of hydrogen-bond donors (Lipinski definition) is 3. The Balaban J connectivity index is 1.60. The Kier molecular flexibility index (Phi) is 5.69. The van der Waals surface area contributed by atoms with Crippen molar-refractivity contribution in [3.8, 4) is 0 Å². The van der Waals surface area contributed by atoms with Crippen LogP contribution in [0.25, 0.3) is 0 Å². The first kappa shape index (κ1) is 18.5. The number of benzene rings is 2. The van der Waals surface area contributed by atoms with Crippen molar-refractivity contribution in [2.24, 2.45) is 5.92 Å². The van der Waals surface area contributed by atoms with Gasteiger partial charge < -0.3 is 16.0 Å². The number of carbonyl (C=O) groups excluding carboxylic acids is 2. The summed E-state index contributed by atoms with van der Waals surface area (Å²) in [5, 5.41) is 9.66. The molecule has 3 rings (SSSR count). The van der Waals surface area contributed by atoms with E-state index in [1.165, 1.54) is 0 Å². The van der Waals surface area contributed by atoms with Crippen LogP contribution in [-0.4, -0.2) is 17.9 Å². The maximum absolute atomic E-state index is 12.4. The van der Waals surface area contributed by atoms with Gasteiger partial charge in [0.1, 0.15) is 6.04 Å². The summed E-state index contributed by atoms with van der Waals surface area (Å²) >= 11 is 11.9. The number of carbonyl (C=O) groups is 2. The zero-order valence-electron chi connectivity index (χ0n) is 14.2. The van der Waals surface area contributed by atoms with Gasteiger partial charge in [0.05, 0.1) is 10.7 Å². The number of halogens is 2. The average Bonchev–Trinajstić information content (AvgIpc) is 3.42. The molecule has 0 aromatic heterocycles. The lowest BCUT2D eigenvalue weighted by Gasteiger charge is -2.17. The van der Waals surface area contributed by atoms with E-state index in [0.717, 1.165) is 18.5 Å². The van der Waals surface area contributed by atoms with Crippen molar-refractivity contribution in [1.82, 2.24) is 0 Å². The van der Waals surface area contributed by atoms with Crippen LogP contribution in [0.3, 0.4) is 0 Å². The molecule has 0 heterocycles. The zero-order valence-corrected chi connectivity index (χ0v) is 15.7. The molecule has 2 amide bonds. The van der Waals surface area contributed by atoms with E-state index in [1.807, 2.05) is 18.2 Å². The molecule has 136 valence electrons. The third-order valence-electron chi connectivity index (χ3n) is 4.04. The molecule has 1 aliphatic rings. The first-order valence-electron chi connectivity index (χ1n) is 8.36. The van der Waals surface area contributed by atoms with Gasteiger partial charge in [-0.15, -0.1) is 0 Å². The van der Waals surface area contributed by atoms with Crippen molar-refractivity contribution >= 4 is 52.1 Å². The second kappa shape index (κ2) is 7.98. The fourth-order valence-corrected chi connectivity index (χ4v) is 2.88. The van der Waals surface area contributed by atoms with Gasteiger partial charge in [-0.3, -0.25) is 9.59 Å². The number of rotatable bonds is 6. The van der Waals surface area contributed by atoms with E-state index in [4.69, 9.17) is 23.2 Å². The van der Waals surface area contributed by atoms with Crippen molar-refractivity contribution in [2.75, 3.05) is 16.0 Å². The van der Waals surface area contributed by atoms with Crippen LogP contribution in [0.2, 0.25) is 10.0 Å². The highest BCUT2D eigenvalue weighted by Crippen LogP contribution is 2.30. The summed E-state index contributed by atoms with van der Waals surface area (Å²) in [5.41, 5.74) is 1.95. The molecule has 1 aliphatic carbocycles. The minimum atomic E-state index is -0.504. The molecule has 26 heavy (non-hydrogen) atoms. The van der Waals surface area contributed by atoms with Gasteiger partial charge in [-0.1, -0.05) is 29.3 Å². The van der Waals surface area contributed by atoms with Crippen molar-refractivity contribution in [1.29, 1.82) is 0 Å². The predicted octanol–water partition coefficient (Wildman–Crippen LogP) is 4.78. The molecule has 1 fully saturated rings. The number of nitrogens with one attached hydrogen (secondary N) is 3. The Morgan fingerprint density at radius 3 is 2.46 bits per heavy atom. The highest BCUT2D eigenvalue weighted by molar-refractivity contribution is 6.36. The molecular formula is C19H19Cl2N3O2. The molecule has 2 aromatic carbocycles. The first-order valence-corrected chi connectivity index (χ1v) is 9.11. The van der Waals surface area contributed by atoms with Crippen molar-refractivity contribution in [3.63, 3.8) is 0 Å².